The number of rotatable bonds is 7. The molecule has 9 nitrogen and oxygen atoms in total. The van der Waals surface area contributed by atoms with Gasteiger partial charge in [0.05, 0.1) is 24.9 Å². The van der Waals surface area contributed by atoms with Gasteiger partial charge < -0.3 is 25.6 Å². The van der Waals surface area contributed by atoms with Gasteiger partial charge in [0, 0.05) is 22.4 Å². The van der Waals surface area contributed by atoms with Crippen molar-refractivity contribution in [2.75, 3.05) is 13.2 Å². The quantitative estimate of drug-likeness (QED) is 0.335. The van der Waals surface area contributed by atoms with Crippen molar-refractivity contribution in [3.05, 3.63) is 80.4 Å². The number of halogens is 3. The van der Waals surface area contributed by atoms with Crippen molar-refractivity contribution in [3.63, 3.8) is 0 Å². The first-order valence-corrected chi connectivity index (χ1v) is 10.7. The molecular formula is C23H19ClF2N4O5. The van der Waals surface area contributed by atoms with E-state index in [1.54, 1.807) is 18.2 Å². The van der Waals surface area contributed by atoms with E-state index in [2.05, 4.69) is 15.3 Å². The molecule has 2 heterocycles. The SMILES string of the molecule is O=C(NC(CO)CO)C(c1ccc(F)c(F)c1)n1c(O)c(C=C2C=Nc3cc(Cl)ccc32)[nH]c1=O. The van der Waals surface area contributed by atoms with E-state index >= 15 is 0 Å². The molecule has 3 aromatic rings. The number of nitrogens with zero attached hydrogens (tertiary/aromatic N) is 2. The van der Waals surface area contributed by atoms with Crippen LogP contribution >= 0.6 is 11.6 Å². The summed E-state index contributed by atoms with van der Waals surface area (Å²) in [5, 5.41) is 32.3. The van der Waals surface area contributed by atoms with E-state index in [0.29, 0.717) is 32.5 Å². The van der Waals surface area contributed by atoms with Crippen LogP contribution in [0.2, 0.25) is 5.02 Å². The van der Waals surface area contributed by atoms with Gasteiger partial charge in [-0.25, -0.2) is 18.1 Å². The predicted octanol–water partition coefficient (Wildman–Crippen LogP) is 2.13. The molecule has 4 rings (SSSR count). The van der Waals surface area contributed by atoms with Crippen molar-refractivity contribution >= 4 is 41.1 Å². The molecule has 0 saturated heterocycles. The summed E-state index contributed by atoms with van der Waals surface area (Å²) in [7, 11) is 0. The fraction of sp³-hybridized carbons (Fsp3) is 0.174. The Kier molecular flexibility index (Phi) is 6.83. The lowest BCUT2D eigenvalue weighted by Crippen LogP contribution is -2.45. The van der Waals surface area contributed by atoms with Crippen molar-refractivity contribution in [1.82, 2.24) is 14.9 Å². The third-order valence-corrected chi connectivity index (χ3v) is 5.63. The average molecular weight is 505 g/mol. The zero-order chi connectivity index (χ0) is 25.3. The lowest BCUT2D eigenvalue weighted by atomic mass is 10.0. The van der Waals surface area contributed by atoms with Crippen LogP contribution in [0.5, 0.6) is 5.88 Å². The second kappa shape index (κ2) is 9.82. The van der Waals surface area contributed by atoms with E-state index in [1.165, 1.54) is 12.3 Å². The van der Waals surface area contributed by atoms with Gasteiger partial charge in [0.15, 0.2) is 11.6 Å². The number of H-pyrrole nitrogens is 1. The third kappa shape index (κ3) is 4.74. The lowest BCUT2D eigenvalue weighted by Gasteiger charge is -2.22. The lowest BCUT2D eigenvalue weighted by molar-refractivity contribution is -0.124. The minimum absolute atomic E-state index is 0.0690. The van der Waals surface area contributed by atoms with Crippen LogP contribution in [0, 0.1) is 11.6 Å². The van der Waals surface area contributed by atoms with Crippen LogP contribution in [-0.4, -0.2) is 56.2 Å². The van der Waals surface area contributed by atoms with Gasteiger partial charge in [0.1, 0.15) is 11.7 Å². The first kappa shape index (κ1) is 24.3. The molecule has 0 radical (unpaired) electrons. The number of fused-ring (bicyclic) bond motifs is 1. The first-order valence-electron chi connectivity index (χ1n) is 10.3. The zero-order valence-electron chi connectivity index (χ0n) is 17.9. The molecule has 0 bridgehead atoms. The van der Waals surface area contributed by atoms with Crippen LogP contribution in [0.3, 0.4) is 0 Å². The van der Waals surface area contributed by atoms with Crippen molar-refractivity contribution in [1.29, 1.82) is 0 Å². The van der Waals surface area contributed by atoms with Gasteiger partial charge in [-0.05, 0) is 35.9 Å². The first-order chi connectivity index (χ1) is 16.7. The highest BCUT2D eigenvalue weighted by atomic mass is 35.5. The second-order valence-corrected chi connectivity index (χ2v) is 8.14. The Labute approximate surface area is 201 Å². The number of imidazole rings is 1. The number of aromatic nitrogens is 2. The van der Waals surface area contributed by atoms with Gasteiger partial charge in [-0.3, -0.25) is 9.79 Å². The number of aliphatic imine (C=N–C) groups is 1. The van der Waals surface area contributed by atoms with Crippen LogP contribution in [0.4, 0.5) is 14.5 Å². The molecule has 1 unspecified atom stereocenters. The van der Waals surface area contributed by atoms with Crippen molar-refractivity contribution in [2.45, 2.75) is 12.1 Å². The van der Waals surface area contributed by atoms with Gasteiger partial charge in [0.2, 0.25) is 11.8 Å². The summed E-state index contributed by atoms with van der Waals surface area (Å²) in [5.41, 5.74) is 0.661. The van der Waals surface area contributed by atoms with E-state index in [1.807, 2.05) is 0 Å². The monoisotopic (exact) mass is 504 g/mol. The maximum absolute atomic E-state index is 14.0. The Morgan fingerprint density at radius 2 is 1.91 bits per heavy atom. The summed E-state index contributed by atoms with van der Waals surface area (Å²) in [6.07, 6.45) is 2.93. The number of aromatic amines is 1. The average Bonchev–Trinajstić information content (AvgIpc) is 3.35. The number of carbonyl (C=O) groups is 1. The van der Waals surface area contributed by atoms with Crippen molar-refractivity contribution < 1.29 is 28.9 Å². The van der Waals surface area contributed by atoms with Crippen molar-refractivity contribution in [3.8, 4) is 5.88 Å². The van der Waals surface area contributed by atoms with E-state index in [9.17, 15) is 33.7 Å². The topological polar surface area (TPSA) is 140 Å². The normalized spacial score (nSPS) is 14.5. The Hall–Kier alpha value is -3.80. The largest absolute Gasteiger partial charge is 0.493 e. The number of allylic oxidation sites excluding steroid dienone is 1. The van der Waals surface area contributed by atoms with Crippen LogP contribution in [0.25, 0.3) is 11.6 Å². The number of nitrogens with one attached hydrogen (secondary N) is 2. The molecule has 0 aliphatic carbocycles. The molecular weight excluding hydrogens is 486 g/mol. The number of aliphatic hydroxyl groups is 2. The summed E-state index contributed by atoms with van der Waals surface area (Å²) < 4.78 is 28.2. The standard InChI is InChI=1S/C23H19ClF2N4O5/c24-13-2-3-15-12(8-27-18(15)7-13)6-19-22(34)30(23(35)29-19)20(21(33)28-14(9-31)10-32)11-1-4-16(25)17(26)5-11/h1-8,14,20,31-32,34H,9-10H2,(H,28,33)(H,29,35). The molecule has 1 aliphatic rings. The van der Waals surface area contributed by atoms with Crippen LogP contribution in [-0.2, 0) is 4.79 Å². The summed E-state index contributed by atoms with van der Waals surface area (Å²) in [4.78, 5) is 32.6. The minimum Gasteiger partial charge on any atom is -0.493 e. The zero-order valence-corrected chi connectivity index (χ0v) is 18.6. The molecule has 1 amide bonds. The van der Waals surface area contributed by atoms with Gasteiger partial charge in [0.25, 0.3) is 0 Å². The highest BCUT2D eigenvalue weighted by Gasteiger charge is 2.31. The molecule has 0 fully saturated rings. The van der Waals surface area contributed by atoms with E-state index in [-0.39, 0.29) is 11.3 Å². The summed E-state index contributed by atoms with van der Waals surface area (Å²) >= 11 is 5.98. The minimum atomic E-state index is -1.66. The second-order valence-electron chi connectivity index (χ2n) is 7.70. The Balaban J connectivity index is 1.80. The molecule has 0 spiro atoms. The predicted molar refractivity (Wildman–Crippen MR) is 125 cm³/mol. The number of benzene rings is 2. The highest BCUT2D eigenvalue weighted by Crippen LogP contribution is 2.35. The van der Waals surface area contributed by atoms with E-state index < -0.39 is 54.4 Å². The van der Waals surface area contributed by atoms with Gasteiger partial charge >= 0.3 is 5.69 Å². The number of carbonyl (C=O) groups excluding carboxylic acids is 1. The molecule has 182 valence electrons. The molecule has 35 heavy (non-hydrogen) atoms. The Bertz CT molecular complexity index is 1410. The molecule has 1 aliphatic heterocycles. The maximum atomic E-state index is 14.0. The van der Waals surface area contributed by atoms with Crippen molar-refractivity contribution in [2.24, 2.45) is 4.99 Å². The molecule has 12 heteroatoms. The van der Waals surface area contributed by atoms with E-state index in [0.717, 1.165) is 12.1 Å². The maximum Gasteiger partial charge on any atom is 0.329 e. The Morgan fingerprint density at radius 3 is 2.60 bits per heavy atom. The summed E-state index contributed by atoms with van der Waals surface area (Å²) in [6, 6.07) is 4.82. The smallest absolute Gasteiger partial charge is 0.329 e. The Morgan fingerprint density at radius 1 is 1.17 bits per heavy atom. The van der Waals surface area contributed by atoms with Gasteiger partial charge in [-0.2, -0.15) is 0 Å². The number of aliphatic hydroxyl groups excluding tert-OH is 2. The molecule has 1 aromatic heterocycles. The van der Waals surface area contributed by atoms with Crippen LogP contribution < -0.4 is 11.0 Å². The molecule has 5 N–H and O–H groups in total. The van der Waals surface area contributed by atoms with E-state index in [4.69, 9.17) is 11.6 Å². The molecule has 1 atom stereocenters. The van der Waals surface area contributed by atoms with Crippen LogP contribution in [0.15, 0.2) is 46.2 Å². The van der Waals surface area contributed by atoms with Gasteiger partial charge in [-0.15, -0.1) is 0 Å². The number of hydrogen-bond donors (Lipinski definition) is 5. The van der Waals surface area contributed by atoms with Gasteiger partial charge in [-0.1, -0.05) is 23.7 Å². The molecule has 0 saturated carbocycles. The fourth-order valence-corrected chi connectivity index (χ4v) is 3.83. The van der Waals surface area contributed by atoms with Crippen LogP contribution in [0.1, 0.15) is 22.9 Å². The number of hydrogen-bond acceptors (Lipinski definition) is 6. The summed E-state index contributed by atoms with van der Waals surface area (Å²) in [6.45, 7) is -1.25. The number of aromatic hydroxyl groups is 1. The fourth-order valence-electron chi connectivity index (χ4n) is 3.66. The number of amides is 1. The molecule has 2 aromatic carbocycles. The highest BCUT2D eigenvalue weighted by molar-refractivity contribution is 6.31. The summed E-state index contributed by atoms with van der Waals surface area (Å²) in [5.74, 6) is -4.06. The third-order valence-electron chi connectivity index (χ3n) is 5.40.